The quantitative estimate of drug-likeness (QED) is 0.769. The van der Waals surface area contributed by atoms with Gasteiger partial charge < -0.3 is 0 Å². The van der Waals surface area contributed by atoms with E-state index in [-0.39, 0.29) is 5.25 Å². The predicted molar refractivity (Wildman–Crippen MR) is 53.0 cm³/mol. The van der Waals surface area contributed by atoms with Crippen LogP contribution >= 0.6 is 15.9 Å². The van der Waals surface area contributed by atoms with Gasteiger partial charge >= 0.3 is 0 Å². The summed E-state index contributed by atoms with van der Waals surface area (Å²) in [5.74, 6) is 0. The lowest BCUT2D eigenvalue weighted by molar-refractivity contribution is 0.567. The van der Waals surface area contributed by atoms with Gasteiger partial charge in [-0.05, 0) is 12.8 Å². The SMILES string of the molecule is O=S(=O)(NCCBr)C1CCCC1. The maximum atomic E-state index is 11.5. The van der Waals surface area contributed by atoms with Crippen LogP contribution < -0.4 is 4.72 Å². The molecular formula is C7H14BrNO2S. The van der Waals surface area contributed by atoms with E-state index in [1.165, 1.54) is 0 Å². The van der Waals surface area contributed by atoms with Gasteiger partial charge in [-0.25, -0.2) is 13.1 Å². The van der Waals surface area contributed by atoms with Crippen molar-refractivity contribution in [3.8, 4) is 0 Å². The number of nitrogens with one attached hydrogen (secondary N) is 1. The topological polar surface area (TPSA) is 46.2 Å². The Balaban J connectivity index is 2.46. The molecule has 1 aliphatic carbocycles. The number of hydrogen-bond acceptors (Lipinski definition) is 2. The van der Waals surface area contributed by atoms with Crippen molar-refractivity contribution in [2.24, 2.45) is 0 Å². The molecule has 0 aromatic heterocycles. The molecule has 5 heteroatoms. The van der Waals surface area contributed by atoms with Crippen molar-refractivity contribution in [1.29, 1.82) is 0 Å². The molecule has 12 heavy (non-hydrogen) atoms. The second-order valence-corrected chi connectivity index (χ2v) is 5.87. The summed E-state index contributed by atoms with van der Waals surface area (Å²) in [4.78, 5) is 0. The number of alkyl halides is 1. The molecule has 0 saturated heterocycles. The Kier molecular flexibility index (Phi) is 3.99. The summed E-state index contributed by atoms with van der Waals surface area (Å²) in [6.45, 7) is 0.499. The monoisotopic (exact) mass is 255 g/mol. The zero-order valence-corrected chi connectivity index (χ0v) is 9.33. The highest BCUT2D eigenvalue weighted by molar-refractivity contribution is 9.09. The first-order valence-electron chi connectivity index (χ1n) is 4.21. The first-order chi connectivity index (χ1) is 5.67. The van der Waals surface area contributed by atoms with Crippen molar-refractivity contribution >= 4 is 26.0 Å². The Morgan fingerprint density at radius 3 is 2.42 bits per heavy atom. The standard InChI is InChI=1S/C7H14BrNO2S/c8-5-6-9-12(10,11)7-3-1-2-4-7/h7,9H,1-6H2. The highest BCUT2D eigenvalue weighted by Gasteiger charge is 2.27. The largest absolute Gasteiger partial charge is 0.214 e. The zero-order chi connectivity index (χ0) is 9.03. The van der Waals surface area contributed by atoms with Crippen LogP contribution in [0.2, 0.25) is 0 Å². The molecule has 0 unspecified atom stereocenters. The molecule has 1 saturated carbocycles. The minimum atomic E-state index is -3.00. The van der Waals surface area contributed by atoms with Gasteiger partial charge in [0.1, 0.15) is 0 Å². The Bertz CT molecular complexity index is 222. The van der Waals surface area contributed by atoms with E-state index in [1.54, 1.807) is 0 Å². The minimum absolute atomic E-state index is 0.128. The summed E-state index contributed by atoms with van der Waals surface area (Å²) in [5.41, 5.74) is 0. The molecule has 0 heterocycles. The highest BCUT2D eigenvalue weighted by Crippen LogP contribution is 2.23. The smallest absolute Gasteiger partial charge is 0.214 e. The van der Waals surface area contributed by atoms with Gasteiger partial charge in [0.2, 0.25) is 10.0 Å². The summed E-state index contributed by atoms with van der Waals surface area (Å²) >= 11 is 3.18. The highest BCUT2D eigenvalue weighted by atomic mass is 79.9. The molecule has 3 nitrogen and oxygen atoms in total. The molecule has 0 aromatic rings. The molecule has 0 aromatic carbocycles. The maximum Gasteiger partial charge on any atom is 0.214 e. The van der Waals surface area contributed by atoms with Gasteiger partial charge in [0.25, 0.3) is 0 Å². The molecule has 0 aliphatic heterocycles. The van der Waals surface area contributed by atoms with Crippen LogP contribution in [0.1, 0.15) is 25.7 Å². The average molecular weight is 256 g/mol. The van der Waals surface area contributed by atoms with Gasteiger partial charge in [-0.3, -0.25) is 0 Å². The van der Waals surface area contributed by atoms with E-state index in [4.69, 9.17) is 0 Å². The van der Waals surface area contributed by atoms with Crippen molar-refractivity contribution in [1.82, 2.24) is 4.72 Å². The Morgan fingerprint density at radius 2 is 1.92 bits per heavy atom. The fourth-order valence-corrected chi connectivity index (χ4v) is 3.53. The van der Waals surface area contributed by atoms with E-state index in [0.717, 1.165) is 25.7 Å². The lowest BCUT2D eigenvalue weighted by atomic mass is 10.4. The van der Waals surface area contributed by atoms with Crippen LogP contribution in [0, 0.1) is 0 Å². The van der Waals surface area contributed by atoms with Crippen molar-refractivity contribution in [3.63, 3.8) is 0 Å². The molecule has 0 spiro atoms. The molecule has 72 valence electrons. The summed E-state index contributed by atoms with van der Waals surface area (Å²) in [6.07, 6.45) is 3.77. The van der Waals surface area contributed by atoms with Crippen molar-refractivity contribution in [2.45, 2.75) is 30.9 Å². The van der Waals surface area contributed by atoms with Gasteiger partial charge in [0, 0.05) is 11.9 Å². The number of halogens is 1. The normalized spacial score (nSPS) is 20.1. The van der Waals surface area contributed by atoms with E-state index in [2.05, 4.69) is 20.7 Å². The van der Waals surface area contributed by atoms with Crippen LogP contribution in [-0.2, 0) is 10.0 Å². The first-order valence-corrected chi connectivity index (χ1v) is 6.88. The van der Waals surface area contributed by atoms with Crippen LogP contribution in [0.4, 0.5) is 0 Å². The molecule has 1 N–H and O–H groups in total. The zero-order valence-electron chi connectivity index (χ0n) is 6.92. The van der Waals surface area contributed by atoms with Gasteiger partial charge in [-0.1, -0.05) is 28.8 Å². The molecule has 1 rings (SSSR count). The van der Waals surface area contributed by atoms with E-state index in [0.29, 0.717) is 11.9 Å². The van der Waals surface area contributed by atoms with Crippen molar-refractivity contribution < 1.29 is 8.42 Å². The summed E-state index contributed by atoms with van der Waals surface area (Å²) in [7, 11) is -3.00. The third-order valence-corrected chi connectivity index (χ3v) is 4.49. The molecule has 1 fully saturated rings. The van der Waals surface area contributed by atoms with Crippen molar-refractivity contribution in [3.05, 3.63) is 0 Å². The first kappa shape index (κ1) is 10.5. The summed E-state index contributed by atoms with van der Waals surface area (Å²) in [6, 6.07) is 0. The number of rotatable bonds is 4. The third kappa shape index (κ3) is 2.71. The van der Waals surface area contributed by atoms with Crippen LogP contribution in [0.15, 0.2) is 0 Å². The lowest BCUT2D eigenvalue weighted by Gasteiger charge is -2.10. The minimum Gasteiger partial charge on any atom is -0.214 e. The molecular weight excluding hydrogens is 242 g/mol. The lowest BCUT2D eigenvalue weighted by Crippen LogP contribution is -2.33. The van der Waals surface area contributed by atoms with Crippen LogP contribution in [0.25, 0.3) is 0 Å². The Hall–Kier alpha value is 0.390. The summed E-state index contributed by atoms with van der Waals surface area (Å²) < 4.78 is 25.5. The van der Waals surface area contributed by atoms with Crippen LogP contribution in [-0.4, -0.2) is 25.5 Å². The predicted octanol–water partition coefficient (Wildman–Crippen LogP) is 1.24. The molecule has 0 amide bonds. The fraction of sp³-hybridized carbons (Fsp3) is 1.00. The maximum absolute atomic E-state index is 11.5. The average Bonchev–Trinajstić information content (AvgIpc) is 2.53. The van der Waals surface area contributed by atoms with E-state index in [9.17, 15) is 8.42 Å². The Morgan fingerprint density at radius 1 is 1.33 bits per heavy atom. The molecule has 0 bridgehead atoms. The van der Waals surface area contributed by atoms with E-state index < -0.39 is 10.0 Å². The Labute approximate surface area is 82.1 Å². The molecule has 0 radical (unpaired) electrons. The van der Waals surface area contributed by atoms with Gasteiger partial charge in [0.15, 0.2) is 0 Å². The van der Waals surface area contributed by atoms with Crippen LogP contribution in [0.5, 0.6) is 0 Å². The van der Waals surface area contributed by atoms with Crippen LogP contribution in [0.3, 0.4) is 0 Å². The fourth-order valence-electron chi connectivity index (χ4n) is 1.50. The molecule has 0 atom stereocenters. The second-order valence-electron chi connectivity index (χ2n) is 3.03. The van der Waals surface area contributed by atoms with Crippen molar-refractivity contribution in [2.75, 3.05) is 11.9 Å². The van der Waals surface area contributed by atoms with Gasteiger partial charge in [-0.2, -0.15) is 0 Å². The van der Waals surface area contributed by atoms with Gasteiger partial charge in [0.05, 0.1) is 5.25 Å². The number of hydrogen-bond donors (Lipinski definition) is 1. The van der Waals surface area contributed by atoms with E-state index >= 15 is 0 Å². The summed E-state index contributed by atoms with van der Waals surface area (Å²) in [5, 5.41) is 0.551. The van der Waals surface area contributed by atoms with E-state index in [1.807, 2.05) is 0 Å². The molecule has 1 aliphatic rings. The number of sulfonamides is 1. The second kappa shape index (κ2) is 4.58. The third-order valence-electron chi connectivity index (χ3n) is 2.14. The van der Waals surface area contributed by atoms with Gasteiger partial charge in [-0.15, -0.1) is 0 Å².